The van der Waals surface area contributed by atoms with Crippen LogP contribution >= 0.6 is 22.9 Å². The quantitative estimate of drug-likeness (QED) is 0.572. The van der Waals surface area contributed by atoms with Crippen molar-refractivity contribution in [3.05, 3.63) is 70.1 Å². The molecule has 1 aromatic heterocycles. The summed E-state index contributed by atoms with van der Waals surface area (Å²) in [5.41, 5.74) is 5.21. The zero-order chi connectivity index (χ0) is 20.3. The molecule has 0 saturated heterocycles. The molecule has 0 saturated carbocycles. The van der Waals surface area contributed by atoms with Gasteiger partial charge in [-0.25, -0.2) is 0 Å². The lowest BCUT2D eigenvalue weighted by Gasteiger charge is -2.28. The molecule has 0 radical (unpaired) electrons. The Bertz CT molecular complexity index is 1060. The van der Waals surface area contributed by atoms with Crippen LogP contribution in [0.15, 0.2) is 53.9 Å². The largest absolute Gasteiger partial charge is 0.367 e. The number of benzene rings is 2. The number of nitrogens with one attached hydrogen (secondary N) is 1. The molecule has 2 aromatic carbocycles. The van der Waals surface area contributed by atoms with Crippen molar-refractivity contribution in [1.29, 1.82) is 0 Å². The van der Waals surface area contributed by atoms with Gasteiger partial charge in [0.2, 0.25) is 11.8 Å². The van der Waals surface area contributed by atoms with E-state index >= 15 is 0 Å². The van der Waals surface area contributed by atoms with E-state index in [1.807, 2.05) is 29.6 Å². The molecule has 28 heavy (non-hydrogen) atoms. The Labute approximate surface area is 171 Å². The predicted molar refractivity (Wildman–Crippen MR) is 112 cm³/mol. The molecule has 1 atom stereocenters. The van der Waals surface area contributed by atoms with Gasteiger partial charge in [-0.15, -0.1) is 11.3 Å². The number of ketones is 1. The number of primary amides is 1. The standard InChI is InChI=1S/C21H19ClN2O3S/c1-21(20(23)27,13-5-4-6-14(22)11-13)24-19(26)10-9-17(25)16-12-28-18-8-3-2-7-15(16)18/h2-8,11-12H,9-10H2,1H3,(H2,23,27)(H,24,26). The van der Waals surface area contributed by atoms with E-state index in [-0.39, 0.29) is 18.6 Å². The zero-order valence-corrected chi connectivity index (χ0v) is 16.8. The Morgan fingerprint density at radius 3 is 2.57 bits per heavy atom. The minimum atomic E-state index is -1.42. The first-order valence-corrected chi connectivity index (χ1v) is 9.93. The SMILES string of the molecule is CC(NC(=O)CCC(=O)c1csc2ccccc12)(C(N)=O)c1cccc(Cl)c1. The summed E-state index contributed by atoms with van der Waals surface area (Å²) in [6, 6.07) is 14.2. The first-order valence-electron chi connectivity index (χ1n) is 8.67. The monoisotopic (exact) mass is 414 g/mol. The third-order valence-corrected chi connectivity index (χ3v) is 5.84. The van der Waals surface area contributed by atoms with Gasteiger partial charge in [0.15, 0.2) is 5.78 Å². The fraction of sp³-hybridized carbons (Fsp3) is 0.190. The summed E-state index contributed by atoms with van der Waals surface area (Å²) in [6.45, 7) is 1.52. The average molecular weight is 415 g/mol. The first kappa shape index (κ1) is 20.0. The van der Waals surface area contributed by atoms with Crippen molar-refractivity contribution in [1.82, 2.24) is 5.32 Å². The molecule has 3 rings (SSSR count). The molecule has 7 heteroatoms. The van der Waals surface area contributed by atoms with Crippen LogP contribution in [0.25, 0.3) is 10.1 Å². The molecule has 2 amide bonds. The second-order valence-corrected chi connectivity index (χ2v) is 7.96. The van der Waals surface area contributed by atoms with Gasteiger partial charge in [-0.3, -0.25) is 14.4 Å². The smallest absolute Gasteiger partial charge is 0.247 e. The molecule has 0 bridgehead atoms. The lowest BCUT2D eigenvalue weighted by molar-refractivity contribution is -0.131. The van der Waals surface area contributed by atoms with Crippen molar-refractivity contribution in [3.8, 4) is 0 Å². The van der Waals surface area contributed by atoms with Gasteiger partial charge in [0.25, 0.3) is 0 Å². The molecule has 0 aliphatic rings. The summed E-state index contributed by atoms with van der Waals surface area (Å²) in [4.78, 5) is 37.1. The van der Waals surface area contributed by atoms with Crippen molar-refractivity contribution >= 4 is 50.6 Å². The number of carbonyl (C=O) groups excluding carboxylic acids is 3. The van der Waals surface area contributed by atoms with Crippen LogP contribution in [0.1, 0.15) is 35.7 Å². The number of hydrogen-bond donors (Lipinski definition) is 2. The van der Waals surface area contributed by atoms with Gasteiger partial charge in [-0.2, -0.15) is 0 Å². The van der Waals surface area contributed by atoms with Gasteiger partial charge in [-0.05, 0) is 30.7 Å². The summed E-state index contributed by atoms with van der Waals surface area (Å²) >= 11 is 7.49. The van der Waals surface area contributed by atoms with E-state index in [1.165, 1.54) is 18.3 Å². The number of thiophene rings is 1. The zero-order valence-electron chi connectivity index (χ0n) is 15.2. The average Bonchev–Trinajstić information content (AvgIpc) is 3.10. The fourth-order valence-electron chi connectivity index (χ4n) is 2.97. The number of Topliss-reactive ketones (excluding diaryl/α,β-unsaturated/α-hetero) is 1. The lowest BCUT2D eigenvalue weighted by atomic mass is 9.91. The highest BCUT2D eigenvalue weighted by atomic mass is 35.5. The molecule has 3 aromatic rings. The topological polar surface area (TPSA) is 89.3 Å². The molecule has 5 nitrogen and oxygen atoms in total. The van der Waals surface area contributed by atoms with Gasteiger partial charge in [0, 0.05) is 38.9 Å². The third-order valence-electron chi connectivity index (χ3n) is 4.64. The Morgan fingerprint density at radius 2 is 1.86 bits per heavy atom. The number of hydrogen-bond acceptors (Lipinski definition) is 4. The predicted octanol–water partition coefficient (Wildman–Crippen LogP) is 4.03. The maximum atomic E-state index is 12.6. The van der Waals surface area contributed by atoms with Gasteiger partial charge in [0.05, 0.1) is 0 Å². The second-order valence-electron chi connectivity index (χ2n) is 6.62. The van der Waals surface area contributed by atoms with Crippen molar-refractivity contribution in [2.45, 2.75) is 25.3 Å². The van der Waals surface area contributed by atoms with Crippen LogP contribution in [0, 0.1) is 0 Å². The van der Waals surface area contributed by atoms with Crippen LogP contribution in [0.5, 0.6) is 0 Å². The Morgan fingerprint density at radius 1 is 1.11 bits per heavy atom. The fourth-order valence-corrected chi connectivity index (χ4v) is 4.13. The highest BCUT2D eigenvalue weighted by Gasteiger charge is 2.35. The maximum Gasteiger partial charge on any atom is 0.247 e. The van der Waals surface area contributed by atoms with Crippen LogP contribution < -0.4 is 11.1 Å². The van der Waals surface area contributed by atoms with E-state index < -0.39 is 17.4 Å². The minimum absolute atomic E-state index is 0.0386. The lowest BCUT2D eigenvalue weighted by Crippen LogP contribution is -2.52. The van der Waals surface area contributed by atoms with E-state index in [2.05, 4.69) is 5.32 Å². The van der Waals surface area contributed by atoms with Gasteiger partial charge >= 0.3 is 0 Å². The first-order chi connectivity index (χ1) is 13.3. The summed E-state index contributed by atoms with van der Waals surface area (Å²) in [7, 11) is 0. The van der Waals surface area contributed by atoms with E-state index in [1.54, 1.807) is 24.3 Å². The van der Waals surface area contributed by atoms with Crippen LogP contribution in [-0.4, -0.2) is 17.6 Å². The molecule has 0 aliphatic carbocycles. The number of fused-ring (bicyclic) bond motifs is 1. The van der Waals surface area contributed by atoms with E-state index in [4.69, 9.17) is 17.3 Å². The maximum absolute atomic E-state index is 12.6. The van der Waals surface area contributed by atoms with Gasteiger partial charge in [-0.1, -0.05) is 41.9 Å². The highest BCUT2D eigenvalue weighted by molar-refractivity contribution is 7.17. The Hall–Kier alpha value is -2.70. The Balaban J connectivity index is 1.70. The highest BCUT2D eigenvalue weighted by Crippen LogP contribution is 2.27. The molecule has 1 heterocycles. The van der Waals surface area contributed by atoms with Crippen molar-refractivity contribution < 1.29 is 14.4 Å². The number of nitrogens with two attached hydrogens (primary N) is 1. The summed E-state index contributed by atoms with van der Waals surface area (Å²) in [6.07, 6.45) is -0.0105. The molecular weight excluding hydrogens is 396 g/mol. The van der Waals surface area contributed by atoms with Crippen molar-refractivity contribution in [3.63, 3.8) is 0 Å². The number of rotatable bonds is 7. The normalized spacial score (nSPS) is 13.1. The van der Waals surface area contributed by atoms with Crippen LogP contribution in [0.4, 0.5) is 0 Å². The van der Waals surface area contributed by atoms with Gasteiger partial charge < -0.3 is 11.1 Å². The molecular formula is C21H19ClN2O3S. The van der Waals surface area contributed by atoms with E-state index in [0.29, 0.717) is 16.1 Å². The number of halogens is 1. The number of amides is 2. The van der Waals surface area contributed by atoms with E-state index in [9.17, 15) is 14.4 Å². The molecule has 144 valence electrons. The summed E-state index contributed by atoms with van der Waals surface area (Å²) in [5.74, 6) is -1.26. The molecule has 1 unspecified atom stereocenters. The molecule has 0 aliphatic heterocycles. The van der Waals surface area contributed by atoms with E-state index in [0.717, 1.165) is 10.1 Å². The summed E-state index contributed by atoms with van der Waals surface area (Å²) < 4.78 is 1.03. The molecule has 3 N–H and O–H groups in total. The molecule has 0 fully saturated rings. The van der Waals surface area contributed by atoms with Gasteiger partial charge in [0.1, 0.15) is 5.54 Å². The van der Waals surface area contributed by atoms with Crippen LogP contribution in [0.3, 0.4) is 0 Å². The second kappa shape index (κ2) is 8.12. The summed E-state index contributed by atoms with van der Waals surface area (Å²) in [5, 5.41) is 5.78. The Kier molecular flexibility index (Phi) is 5.82. The van der Waals surface area contributed by atoms with Crippen molar-refractivity contribution in [2.75, 3.05) is 0 Å². The number of carbonyl (C=O) groups is 3. The van der Waals surface area contributed by atoms with Crippen LogP contribution in [0.2, 0.25) is 5.02 Å². The third kappa shape index (κ3) is 4.08. The van der Waals surface area contributed by atoms with Crippen molar-refractivity contribution in [2.24, 2.45) is 5.73 Å². The molecule has 0 spiro atoms. The minimum Gasteiger partial charge on any atom is -0.367 e. The van der Waals surface area contributed by atoms with Crippen LogP contribution in [-0.2, 0) is 15.1 Å².